The van der Waals surface area contributed by atoms with Gasteiger partial charge in [-0.25, -0.2) is 0 Å². The summed E-state index contributed by atoms with van der Waals surface area (Å²) in [7, 11) is 0. The Balaban J connectivity index is 1.88. The van der Waals surface area contributed by atoms with Gasteiger partial charge >= 0.3 is 0 Å². The van der Waals surface area contributed by atoms with E-state index in [4.69, 9.17) is 0 Å². The van der Waals surface area contributed by atoms with Crippen LogP contribution in [-0.2, 0) is 6.42 Å². The Bertz CT molecular complexity index is 292. The van der Waals surface area contributed by atoms with E-state index in [-0.39, 0.29) is 0 Å². The van der Waals surface area contributed by atoms with Crippen LogP contribution in [0.15, 0.2) is 36.9 Å². The summed E-state index contributed by atoms with van der Waals surface area (Å²) >= 11 is 0. The van der Waals surface area contributed by atoms with Gasteiger partial charge in [0.2, 0.25) is 0 Å². The molecule has 0 spiro atoms. The standard InChI is InChI=1S/C13H17N/c1-2-3-4-8-12-10-11-7-5-6-9-13(11)14-12/h2,5-7,9,12,14H,1,3-4,8,10H2. The van der Waals surface area contributed by atoms with Gasteiger partial charge in [0.25, 0.3) is 0 Å². The Morgan fingerprint density at radius 3 is 3.07 bits per heavy atom. The minimum Gasteiger partial charge on any atom is -0.382 e. The molecule has 2 rings (SSSR count). The van der Waals surface area contributed by atoms with Crippen LogP contribution in [0.2, 0.25) is 0 Å². The Labute approximate surface area is 85.8 Å². The molecule has 0 aromatic heterocycles. The lowest BCUT2D eigenvalue weighted by molar-refractivity contribution is 0.638. The summed E-state index contributed by atoms with van der Waals surface area (Å²) in [5, 5.41) is 3.56. The fourth-order valence-corrected chi connectivity index (χ4v) is 2.06. The van der Waals surface area contributed by atoms with E-state index < -0.39 is 0 Å². The first-order chi connectivity index (χ1) is 6.90. The first kappa shape index (κ1) is 9.32. The van der Waals surface area contributed by atoms with Gasteiger partial charge in [0.15, 0.2) is 0 Å². The third-order valence-electron chi connectivity index (χ3n) is 2.80. The molecule has 0 bridgehead atoms. The lowest BCUT2D eigenvalue weighted by Gasteiger charge is -2.09. The van der Waals surface area contributed by atoms with Gasteiger partial charge < -0.3 is 5.32 Å². The van der Waals surface area contributed by atoms with Crippen molar-refractivity contribution in [3.63, 3.8) is 0 Å². The number of anilines is 1. The van der Waals surface area contributed by atoms with E-state index in [1.54, 1.807) is 0 Å². The van der Waals surface area contributed by atoms with Crippen LogP contribution in [-0.4, -0.2) is 6.04 Å². The molecule has 1 heterocycles. The molecule has 1 heteroatoms. The highest BCUT2D eigenvalue weighted by Crippen LogP contribution is 2.27. The van der Waals surface area contributed by atoms with Crippen LogP contribution in [0, 0.1) is 0 Å². The predicted molar refractivity (Wildman–Crippen MR) is 61.6 cm³/mol. The summed E-state index contributed by atoms with van der Waals surface area (Å²) in [4.78, 5) is 0. The zero-order valence-corrected chi connectivity index (χ0v) is 8.50. The third kappa shape index (κ3) is 1.98. The fourth-order valence-electron chi connectivity index (χ4n) is 2.06. The van der Waals surface area contributed by atoms with Crippen LogP contribution in [0.5, 0.6) is 0 Å². The minimum absolute atomic E-state index is 0.646. The zero-order valence-electron chi connectivity index (χ0n) is 8.50. The third-order valence-corrected chi connectivity index (χ3v) is 2.80. The molecule has 1 N–H and O–H groups in total. The van der Waals surface area contributed by atoms with Crippen molar-refractivity contribution in [3.05, 3.63) is 42.5 Å². The molecule has 0 radical (unpaired) electrons. The quantitative estimate of drug-likeness (QED) is 0.563. The molecular formula is C13H17N. The van der Waals surface area contributed by atoms with E-state index in [1.807, 2.05) is 6.08 Å². The highest BCUT2D eigenvalue weighted by Gasteiger charge is 2.18. The van der Waals surface area contributed by atoms with Gasteiger partial charge in [-0.05, 0) is 37.3 Å². The second-order valence-electron chi connectivity index (χ2n) is 3.92. The monoisotopic (exact) mass is 187 g/mol. The first-order valence-corrected chi connectivity index (χ1v) is 5.35. The number of benzene rings is 1. The van der Waals surface area contributed by atoms with Gasteiger partial charge in [-0.2, -0.15) is 0 Å². The largest absolute Gasteiger partial charge is 0.382 e. The van der Waals surface area contributed by atoms with Crippen molar-refractivity contribution >= 4 is 5.69 Å². The highest BCUT2D eigenvalue weighted by molar-refractivity contribution is 5.56. The molecule has 1 aromatic rings. The molecule has 0 aliphatic carbocycles. The Morgan fingerprint density at radius 2 is 2.29 bits per heavy atom. The molecule has 1 unspecified atom stereocenters. The molecule has 0 amide bonds. The molecule has 1 nitrogen and oxygen atoms in total. The maximum Gasteiger partial charge on any atom is 0.0375 e. The zero-order chi connectivity index (χ0) is 9.80. The maximum absolute atomic E-state index is 3.74. The van der Waals surface area contributed by atoms with Crippen molar-refractivity contribution < 1.29 is 0 Å². The van der Waals surface area contributed by atoms with Crippen molar-refractivity contribution in [2.75, 3.05) is 5.32 Å². The second kappa shape index (κ2) is 4.32. The maximum atomic E-state index is 3.74. The minimum atomic E-state index is 0.646. The number of para-hydroxylation sites is 1. The van der Waals surface area contributed by atoms with Crippen LogP contribution in [0.1, 0.15) is 24.8 Å². The van der Waals surface area contributed by atoms with Crippen molar-refractivity contribution in [1.29, 1.82) is 0 Å². The van der Waals surface area contributed by atoms with Gasteiger partial charge in [0.1, 0.15) is 0 Å². The molecule has 1 aromatic carbocycles. The van der Waals surface area contributed by atoms with Crippen LogP contribution in [0.3, 0.4) is 0 Å². The lowest BCUT2D eigenvalue weighted by Crippen LogP contribution is -2.14. The molecular weight excluding hydrogens is 170 g/mol. The van der Waals surface area contributed by atoms with E-state index in [0.717, 1.165) is 6.42 Å². The Hall–Kier alpha value is -1.24. The number of hydrogen-bond donors (Lipinski definition) is 1. The summed E-state index contributed by atoms with van der Waals surface area (Å²) in [6.07, 6.45) is 6.82. The van der Waals surface area contributed by atoms with Gasteiger partial charge in [-0.3, -0.25) is 0 Å². The van der Waals surface area contributed by atoms with E-state index in [2.05, 4.69) is 36.2 Å². The van der Waals surface area contributed by atoms with E-state index in [1.165, 1.54) is 30.5 Å². The molecule has 0 saturated carbocycles. The van der Waals surface area contributed by atoms with Gasteiger partial charge in [0, 0.05) is 11.7 Å². The average molecular weight is 187 g/mol. The van der Waals surface area contributed by atoms with E-state index >= 15 is 0 Å². The van der Waals surface area contributed by atoms with E-state index in [9.17, 15) is 0 Å². The first-order valence-electron chi connectivity index (χ1n) is 5.35. The Morgan fingerprint density at radius 1 is 1.43 bits per heavy atom. The number of allylic oxidation sites excluding steroid dienone is 1. The lowest BCUT2D eigenvalue weighted by atomic mass is 10.1. The highest BCUT2D eigenvalue weighted by atomic mass is 14.9. The number of fused-ring (bicyclic) bond motifs is 1. The van der Waals surface area contributed by atoms with Gasteiger partial charge in [-0.15, -0.1) is 6.58 Å². The smallest absolute Gasteiger partial charge is 0.0375 e. The number of hydrogen-bond acceptors (Lipinski definition) is 1. The van der Waals surface area contributed by atoms with Crippen LogP contribution in [0.4, 0.5) is 5.69 Å². The topological polar surface area (TPSA) is 12.0 Å². The Kier molecular flexibility index (Phi) is 2.87. The SMILES string of the molecule is C=CCCCC1Cc2ccccc2N1. The summed E-state index contributed by atoms with van der Waals surface area (Å²) in [6, 6.07) is 9.25. The molecule has 1 atom stereocenters. The van der Waals surface area contributed by atoms with Gasteiger partial charge in [-0.1, -0.05) is 24.3 Å². The number of nitrogens with one attached hydrogen (secondary N) is 1. The molecule has 14 heavy (non-hydrogen) atoms. The van der Waals surface area contributed by atoms with Crippen molar-refractivity contribution in [2.24, 2.45) is 0 Å². The summed E-state index contributed by atoms with van der Waals surface area (Å²) in [5.41, 5.74) is 2.80. The summed E-state index contributed by atoms with van der Waals surface area (Å²) < 4.78 is 0. The summed E-state index contributed by atoms with van der Waals surface area (Å²) in [5.74, 6) is 0. The molecule has 0 saturated heterocycles. The summed E-state index contributed by atoms with van der Waals surface area (Å²) in [6.45, 7) is 3.74. The van der Waals surface area contributed by atoms with Crippen molar-refractivity contribution in [1.82, 2.24) is 0 Å². The van der Waals surface area contributed by atoms with E-state index in [0.29, 0.717) is 6.04 Å². The fraction of sp³-hybridized carbons (Fsp3) is 0.385. The van der Waals surface area contributed by atoms with Crippen LogP contribution < -0.4 is 5.32 Å². The molecule has 74 valence electrons. The number of unbranched alkanes of at least 4 members (excludes halogenated alkanes) is 1. The van der Waals surface area contributed by atoms with Crippen LogP contribution in [0.25, 0.3) is 0 Å². The number of rotatable bonds is 4. The molecule has 1 aliphatic rings. The van der Waals surface area contributed by atoms with Crippen LogP contribution >= 0.6 is 0 Å². The van der Waals surface area contributed by atoms with Crippen molar-refractivity contribution in [3.8, 4) is 0 Å². The normalized spacial score (nSPS) is 18.7. The van der Waals surface area contributed by atoms with Gasteiger partial charge in [0.05, 0.1) is 0 Å². The second-order valence-corrected chi connectivity index (χ2v) is 3.92. The molecule has 1 aliphatic heterocycles. The average Bonchev–Trinajstić information content (AvgIpc) is 2.60. The molecule has 0 fully saturated rings. The van der Waals surface area contributed by atoms with Crippen molar-refractivity contribution in [2.45, 2.75) is 31.7 Å². The predicted octanol–water partition coefficient (Wildman–Crippen LogP) is 3.38.